The first-order chi connectivity index (χ1) is 14.4. The van der Waals surface area contributed by atoms with E-state index in [1.54, 1.807) is 36.4 Å². The number of rotatable bonds is 2. The summed E-state index contributed by atoms with van der Waals surface area (Å²) in [5.41, 5.74) is 5.62. The van der Waals surface area contributed by atoms with E-state index in [4.69, 9.17) is 0 Å². The molecule has 30 heavy (non-hydrogen) atoms. The van der Waals surface area contributed by atoms with Crippen LogP contribution in [-0.2, 0) is 10.0 Å². The second-order valence-corrected chi connectivity index (χ2v) is 9.34. The Kier molecular flexibility index (Phi) is 3.99. The quantitative estimate of drug-likeness (QED) is 0.492. The van der Waals surface area contributed by atoms with Gasteiger partial charge in [-0.3, -0.25) is 4.31 Å². The summed E-state index contributed by atoms with van der Waals surface area (Å²) in [7, 11) is -3.86. The van der Waals surface area contributed by atoms with Crippen LogP contribution >= 0.6 is 0 Å². The Morgan fingerprint density at radius 1 is 1.00 bits per heavy atom. The maximum absolute atomic E-state index is 13.3. The zero-order chi connectivity index (χ0) is 21.0. The lowest BCUT2D eigenvalue weighted by molar-refractivity contribution is 0.460. The van der Waals surface area contributed by atoms with Crippen molar-refractivity contribution in [2.24, 2.45) is 0 Å². The van der Waals surface area contributed by atoms with Crippen LogP contribution in [0.5, 0.6) is 0 Å². The second-order valence-electron chi connectivity index (χ2n) is 7.49. The molecule has 1 atom stereocenters. The molecule has 5 rings (SSSR count). The van der Waals surface area contributed by atoms with Crippen molar-refractivity contribution in [2.45, 2.75) is 24.8 Å². The number of hydrogen-bond acceptors (Lipinski definition) is 3. The average Bonchev–Trinajstić information content (AvgIpc) is 3.17. The van der Waals surface area contributed by atoms with Gasteiger partial charge in [-0.2, -0.15) is 5.26 Å². The van der Waals surface area contributed by atoms with Crippen LogP contribution in [-0.4, -0.2) is 17.7 Å². The Balaban J connectivity index is 1.80. The van der Waals surface area contributed by atoms with E-state index in [9.17, 15) is 13.7 Å². The minimum atomic E-state index is -3.86. The molecule has 0 saturated carbocycles. The number of nitrogens with one attached hydrogen (secondary N) is 1. The molecule has 0 bridgehead atoms. The van der Waals surface area contributed by atoms with Crippen molar-refractivity contribution in [3.63, 3.8) is 0 Å². The molecule has 3 aromatic carbocycles. The maximum Gasteiger partial charge on any atom is 0.265 e. The molecule has 1 unspecified atom stereocenters. The van der Waals surface area contributed by atoms with Crippen LogP contribution in [0.4, 0.5) is 0 Å². The zero-order valence-electron chi connectivity index (χ0n) is 16.5. The molecular weight excluding hydrogens is 394 g/mol. The summed E-state index contributed by atoms with van der Waals surface area (Å²) in [6.07, 6.45) is 3.32. The van der Waals surface area contributed by atoms with Gasteiger partial charge < -0.3 is 4.98 Å². The summed E-state index contributed by atoms with van der Waals surface area (Å²) in [5, 5.41) is 12.2. The summed E-state index contributed by atoms with van der Waals surface area (Å²) in [6, 6.07) is 17.6. The van der Waals surface area contributed by atoms with Gasteiger partial charge in [-0.15, -0.1) is 0 Å². The number of H-pyrrole nitrogens is 1. The molecule has 1 aromatic heterocycles. The summed E-state index contributed by atoms with van der Waals surface area (Å²) in [5.74, 6) is 0. The SMILES string of the molecule is Cc1c2c(c(C)c3c1[nH]c1ccccc13)C(C#N)N(S(=O)(=O)c1ccccc1)C=C2. The van der Waals surface area contributed by atoms with E-state index >= 15 is 0 Å². The number of nitrogens with zero attached hydrogens (tertiary/aromatic N) is 2. The fraction of sp³-hybridized carbons (Fsp3) is 0.125. The summed E-state index contributed by atoms with van der Waals surface area (Å²) in [6.45, 7) is 3.98. The summed E-state index contributed by atoms with van der Waals surface area (Å²) in [4.78, 5) is 3.66. The van der Waals surface area contributed by atoms with Gasteiger partial charge in [0.1, 0.15) is 0 Å². The Morgan fingerprint density at radius 2 is 1.70 bits per heavy atom. The van der Waals surface area contributed by atoms with Crippen LogP contribution < -0.4 is 0 Å². The molecule has 0 fully saturated rings. The summed E-state index contributed by atoms with van der Waals surface area (Å²) < 4.78 is 27.8. The van der Waals surface area contributed by atoms with E-state index in [2.05, 4.69) is 11.1 Å². The van der Waals surface area contributed by atoms with E-state index in [1.807, 2.05) is 38.1 Å². The fourth-order valence-corrected chi connectivity index (χ4v) is 5.86. The number of aromatic amines is 1. The highest BCUT2D eigenvalue weighted by Gasteiger charge is 2.36. The molecule has 0 saturated heterocycles. The summed E-state index contributed by atoms with van der Waals surface area (Å²) >= 11 is 0. The van der Waals surface area contributed by atoms with Gasteiger partial charge >= 0.3 is 0 Å². The van der Waals surface area contributed by atoms with E-state index in [-0.39, 0.29) is 4.90 Å². The van der Waals surface area contributed by atoms with Crippen LogP contribution in [0.25, 0.3) is 27.9 Å². The zero-order valence-corrected chi connectivity index (χ0v) is 17.4. The van der Waals surface area contributed by atoms with Gasteiger partial charge in [0.15, 0.2) is 6.04 Å². The van der Waals surface area contributed by atoms with Crippen molar-refractivity contribution in [3.05, 3.63) is 83.1 Å². The van der Waals surface area contributed by atoms with Crippen LogP contribution in [0.1, 0.15) is 28.3 Å². The molecule has 148 valence electrons. The molecule has 4 aromatic rings. The third kappa shape index (κ3) is 2.42. The number of benzene rings is 3. The smallest absolute Gasteiger partial charge is 0.265 e. The Bertz CT molecular complexity index is 1490. The lowest BCUT2D eigenvalue weighted by atomic mass is 9.87. The second kappa shape index (κ2) is 6.48. The van der Waals surface area contributed by atoms with Crippen molar-refractivity contribution in [1.29, 1.82) is 5.26 Å². The minimum Gasteiger partial charge on any atom is -0.354 e. The number of aromatic nitrogens is 1. The van der Waals surface area contributed by atoms with Crippen molar-refractivity contribution in [3.8, 4) is 6.07 Å². The molecule has 0 amide bonds. The van der Waals surface area contributed by atoms with Crippen molar-refractivity contribution in [2.75, 3.05) is 0 Å². The van der Waals surface area contributed by atoms with Gasteiger partial charge in [-0.25, -0.2) is 8.42 Å². The number of nitriles is 1. The van der Waals surface area contributed by atoms with Crippen molar-refractivity contribution >= 4 is 37.9 Å². The van der Waals surface area contributed by atoms with Crippen LogP contribution in [0.2, 0.25) is 0 Å². The number of aryl methyl sites for hydroxylation is 2. The number of para-hydroxylation sites is 1. The molecule has 6 heteroatoms. The third-order valence-corrected chi connectivity index (χ3v) is 7.67. The number of sulfonamides is 1. The lowest BCUT2D eigenvalue weighted by Gasteiger charge is -2.32. The topological polar surface area (TPSA) is 77.0 Å². The van der Waals surface area contributed by atoms with Crippen LogP contribution in [0.15, 0.2) is 65.7 Å². The number of fused-ring (bicyclic) bond motifs is 4. The van der Waals surface area contributed by atoms with Gasteiger partial charge in [0.05, 0.1) is 16.5 Å². The van der Waals surface area contributed by atoms with Crippen molar-refractivity contribution in [1.82, 2.24) is 9.29 Å². The molecule has 1 aliphatic heterocycles. The van der Waals surface area contributed by atoms with E-state index in [0.29, 0.717) is 0 Å². The predicted octanol–water partition coefficient (Wildman–Crippen LogP) is 5.18. The van der Waals surface area contributed by atoms with Crippen LogP contribution in [0, 0.1) is 25.2 Å². The molecule has 2 heterocycles. The third-order valence-electron chi connectivity index (χ3n) is 5.91. The standard InChI is InChI=1S/C24H19N3O2S/c1-15-18-12-13-27(30(28,29)17-8-4-3-5-9-17)21(14-25)22(18)16(2)23-19-10-6-7-11-20(19)26-24(15)23/h3-13,21,26H,1-2H3. The lowest BCUT2D eigenvalue weighted by Crippen LogP contribution is -2.32. The highest BCUT2D eigenvalue weighted by Crippen LogP contribution is 2.43. The normalized spacial score (nSPS) is 16.0. The maximum atomic E-state index is 13.3. The minimum absolute atomic E-state index is 0.167. The van der Waals surface area contributed by atoms with E-state index in [0.717, 1.165) is 44.1 Å². The Hall–Kier alpha value is -3.56. The molecule has 1 N–H and O–H groups in total. The highest BCUT2D eigenvalue weighted by molar-refractivity contribution is 7.89. The van der Waals surface area contributed by atoms with E-state index < -0.39 is 16.1 Å². The van der Waals surface area contributed by atoms with Gasteiger partial charge in [0, 0.05) is 28.1 Å². The van der Waals surface area contributed by atoms with Crippen LogP contribution in [0.3, 0.4) is 0 Å². The van der Waals surface area contributed by atoms with Gasteiger partial charge in [-0.05, 0) is 54.8 Å². The first-order valence-corrected chi connectivity index (χ1v) is 11.1. The molecule has 5 nitrogen and oxygen atoms in total. The predicted molar refractivity (Wildman–Crippen MR) is 118 cm³/mol. The Labute approximate surface area is 174 Å². The van der Waals surface area contributed by atoms with E-state index in [1.165, 1.54) is 10.5 Å². The first-order valence-electron chi connectivity index (χ1n) is 9.65. The average molecular weight is 414 g/mol. The largest absolute Gasteiger partial charge is 0.354 e. The molecule has 0 aliphatic carbocycles. The fourth-order valence-electron chi connectivity index (χ4n) is 4.47. The molecule has 0 spiro atoms. The first kappa shape index (κ1) is 18.5. The van der Waals surface area contributed by atoms with Gasteiger partial charge in [0.2, 0.25) is 0 Å². The molecule has 0 radical (unpaired) electrons. The van der Waals surface area contributed by atoms with Crippen molar-refractivity contribution < 1.29 is 8.42 Å². The molecular formula is C24H19N3O2S. The molecule has 1 aliphatic rings. The Morgan fingerprint density at radius 3 is 2.43 bits per heavy atom. The van der Waals surface area contributed by atoms with Gasteiger partial charge in [0.25, 0.3) is 10.0 Å². The monoisotopic (exact) mass is 413 g/mol. The number of hydrogen-bond donors (Lipinski definition) is 1. The highest BCUT2D eigenvalue weighted by atomic mass is 32.2. The van der Waals surface area contributed by atoms with Gasteiger partial charge in [-0.1, -0.05) is 36.4 Å².